The van der Waals surface area contributed by atoms with Crippen LogP contribution in [0, 0.1) is 0 Å². The van der Waals surface area contributed by atoms with Crippen LogP contribution in [0.2, 0.25) is 0 Å². The van der Waals surface area contributed by atoms with Crippen molar-refractivity contribution >= 4 is 34.8 Å². The minimum atomic E-state index is -0.666. The van der Waals surface area contributed by atoms with Crippen molar-refractivity contribution in [1.82, 2.24) is 5.32 Å². The van der Waals surface area contributed by atoms with Crippen molar-refractivity contribution < 1.29 is 19.1 Å². The first-order valence-electron chi connectivity index (χ1n) is 9.99. The zero-order chi connectivity index (χ0) is 21.7. The fraction of sp³-hybridized carbons (Fsp3) is 0.208. The highest BCUT2D eigenvalue weighted by Gasteiger charge is 2.44. The van der Waals surface area contributed by atoms with Crippen molar-refractivity contribution in [3.05, 3.63) is 88.1 Å². The lowest BCUT2D eigenvalue weighted by molar-refractivity contribution is -0.124. The van der Waals surface area contributed by atoms with Crippen LogP contribution in [0.25, 0.3) is 0 Å². The van der Waals surface area contributed by atoms with E-state index in [2.05, 4.69) is 22.8 Å². The molecule has 2 aromatic carbocycles. The highest BCUT2D eigenvalue weighted by molar-refractivity contribution is 7.08. The Labute approximate surface area is 184 Å². The highest BCUT2D eigenvalue weighted by Crippen LogP contribution is 2.47. The number of benzene rings is 2. The Morgan fingerprint density at radius 2 is 1.71 bits per heavy atom. The Bertz CT molecular complexity index is 1080. The van der Waals surface area contributed by atoms with E-state index in [1.54, 1.807) is 41.1 Å². The maximum Gasteiger partial charge on any atom is 0.340 e. The predicted molar refractivity (Wildman–Crippen MR) is 119 cm³/mol. The molecule has 1 aromatic heterocycles. The number of nitrogens with one attached hydrogen (secondary N) is 2. The van der Waals surface area contributed by atoms with Gasteiger partial charge in [0.05, 0.1) is 16.8 Å². The molecular weight excluding hydrogens is 412 g/mol. The summed E-state index contributed by atoms with van der Waals surface area (Å²) in [7, 11) is 0. The van der Waals surface area contributed by atoms with Gasteiger partial charge in [0, 0.05) is 17.3 Å². The summed E-state index contributed by atoms with van der Waals surface area (Å²) in [5.74, 6) is -1.33. The number of carbonyl (C=O) groups excluding carboxylic acids is 3. The van der Waals surface area contributed by atoms with E-state index in [0.29, 0.717) is 17.8 Å². The molecule has 1 heterocycles. The number of carbonyl (C=O) groups is 3. The van der Waals surface area contributed by atoms with Crippen LogP contribution >= 0.6 is 11.3 Å². The number of hydrogen-bond donors (Lipinski definition) is 2. The zero-order valence-electron chi connectivity index (χ0n) is 16.8. The van der Waals surface area contributed by atoms with Crippen molar-refractivity contribution in [2.45, 2.75) is 18.3 Å². The Morgan fingerprint density at radius 3 is 2.42 bits per heavy atom. The number of thiophene rings is 1. The molecule has 31 heavy (non-hydrogen) atoms. The summed E-state index contributed by atoms with van der Waals surface area (Å²) in [6.45, 7) is 0.136. The molecule has 2 amide bonds. The van der Waals surface area contributed by atoms with E-state index in [-0.39, 0.29) is 29.4 Å². The van der Waals surface area contributed by atoms with Crippen LogP contribution in [0.1, 0.15) is 39.1 Å². The minimum Gasteiger partial charge on any atom is -0.452 e. The Morgan fingerprint density at radius 1 is 0.968 bits per heavy atom. The molecule has 1 aliphatic rings. The van der Waals surface area contributed by atoms with Gasteiger partial charge in [-0.3, -0.25) is 9.59 Å². The molecule has 0 bridgehead atoms. The number of para-hydroxylation sites is 1. The van der Waals surface area contributed by atoms with Gasteiger partial charge in [0.15, 0.2) is 6.61 Å². The molecule has 0 unspecified atom stereocenters. The van der Waals surface area contributed by atoms with Crippen LogP contribution in [0.5, 0.6) is 0 Å². The molecule has 2 N–H and O–H groups in total. The molecule has 0 radical (unpaired) electrons. The zero-order valence-corrected chi connectivity index (χ0v) is 17.6. The molecule has 1 fully saturated rings. The number of amides is 2. The number of esters is 1. The van der Waals surface area contributed by atoms with Crippen LogP contribution < -0.4 is 10.6 Å². The lowest BCUT2D eigenvalue weighted by atomic mass is 9.96. The van der Waals surface area contributed by atoms with Gasteiger partial charge >= 0.3 is 5.97 Å². The lowest BCUT2D eigenvalue weighted by Crippen LogP contribution is -2.35. The van der Waals surface area contributed by atoms with E-state index in [1.807, 2.05) is 18.2 Å². The van der Waals surface area contributed by atoms with Gasteiger partial charge < -0.3 is 15.4 Å². The van der Waals surface area contributed by atoms with Crippen LogP contribution in [-0.4, -0.2) is 30.9 Å². The summed E-state index contributed by atoms with van der Waals surface area (Å²) in [6.07, 6.45) is 2.04. The topological polar surface area (TPSA) is 84.5 Å². The number of anilines is 1. The van der Waals surface area contributed by atoms with Crippen molar-refractivity contribution in [3.63, 3.8) is 0 Å². The van der Waals surface area contributed by atoms with Crippen molar-refractivity contribution in [2.24, 2.45) is 0 Å². The monoisotopic (exact) mass is 434 g/mol. The molecule has 1 aliphatic carbocycles. The van der Waals surface area contributed by atoms with Gasteiger partial charge in [0.25, 0.3) is 11.8 Å². The first kappa shape index (κ1) is 20.8. The smallest absolute Gasteiger partial charge is 0.340 e. The fourth-order valence-electron chi connectivity index (χ4n) is 3.40. The third-order valence-corrected chi connectivity index (χ3v) is 6.06. The third kappa shape index (κ3) is 5.00. The van der Waals surface area contributed by atoms with E-state index in [0.717, 1.165) is 12.8 Å². The quantitative estimate of drug-likeness (QED) is 0.525. The molecule has 6 nitrogen and oxygen atoms in total. The lowest BCUT2D eigenvalue weighted by Gasteiger charge is -2.16. The van der Waals surface area contributed by atoms with E-state index < -0.39 is 5.97 Å². The second-order valence-electron chi connectivity index (χ2n) is 7.51. The summed E-state index contributed by atoms with van der Waals surface area (Å²) in [6, 6.07) is 18.4. The summed E-state index contributed by atoms with van der Waals surface area (Å²) in [5.41, 5.74) is 2.24. The van der Waals surface area contributed by atoms with Gasteiger partial charge in [0.2, 0.25) is 0 Å². The average molecular weight is 435 g/mol. The molecule has 0 atom stereocenters. The molecule has 0 aliphatic heterocycles. The van der Waals surface area contributed by atoms with E-state index in [9.17, 15) is 14.4 Å². The first-order chi connectivity index (χ1) is 15.1. The minimum absolute atomic E-state index is 0.0144. The van der Waals surface area contributed by atoms with Gasteiger partial charge in [-0.2, -0.15) is 11.3 Å². The molecule has 3 aromatic rings. The molecule has 7 heteroatoms. The summed E-state index contributed by atoms with van der Waals surface area (Å²) < 4.78 is 5.19. The van der Waals surface area contributed by atoms with Crippen LogP contribution in [0.4, 0.5) is 5.69 Å². The third-order valence-electron chi connectivity index (χ3n) is 5.38. The number of ether oxygens (including phenoxy) is 1. The highest BCUT2D eigenvalue weighted by atomic mass is 32.1. The van der Waals surface area contributed by atoms with Gasteiger partial charge in [-0.05, 0) is 42.0 Å². The normalized spacial score (nSPS) is 13.8. The molecular formula is C24H22N2O4S. The second kappa shape index (κ2) is 9.14. The van der Waals surface area contributed by atoms with E-state index in [4.69, 9.17) is 4.74 Å². The maximum absolute atomic E-state index is 12.5. The predicted octanol–water partition coefficient (Wildman–Crippen LogP) is 4.01. The molecule has 1 saturated carbocycles. The summed E-state index contributed by atoms with van der Waals surface area (Å²) in [5, 5.41) is 9.12. The van der Waals surface area contributed by atoms with Crippen molar-refractivity contribution in [3.8, 4) is 0 Å². The molecule has 4 rings (SSSR count). The molecule has 0 spiro atoms. The summed E-state index contributed by atoms with van der Waals surface area (Å²) in [4.78, 5) is 37.1. The van der Waals surface area contributed by atoms with Gasteiger partial charge in [-0.25, -0.2) is 4.79 Å². The molecule has 158 valence electrons. The van der Waals surface area contributed by atoms with Gasteiger partial charge in [-0.1, -0.05) is 42.5 Å². The van der Waals surface area contributed by atoms with Crippen molar-refractivity contribution in [1.29, 1.82) is 0 Å². The number of rotatable bonds is 8. The van der Waals surface area contributed by atoms with Gasteiger partial charge in [-0.15, -0.1) is 0 Å². The second-order valence-corrected chi connectivity index (χ2v) is 8.29. The van der Waals surface area contributed by atoms with E-state index >= 15 is 0 Å². The maximum atomic E-state index is 12.5. The van der Waals surface area contributed by atoms with Crippen LogP contribution in [0.3, 0.4) is 0 Å². The summed E-state index contributed by atoms with van der Waals surface area (Å²) >= 11 is 1.41. The van der Waals surface area contributed by atoms with Crippen molar-refractivity contribution in [2.75, 3.05) is 18.5 Å². The first-order valence-corrected chi connectivity index (χ1v) is 10.9. The fourth-order valence-corrected chi connectivity index (χ4v) is 4.03. The Balaban J connectivity index is 1.31. The van der Waals surface area contributed by atoms with E-state index in [1.165, 1.54) is 16.9 Å². The SMILES string of the molecule is O=C(COC(=O)c1ccccc1NC(=O)c1ccsc1)NCC1(c2ccccc2)CC1. The standard InChI is InChI=1S/C24H22N2O4S/c27-21(25-16-24(11-12-24)18-6-2-1-3-7-18)14-30-23(29)19-8-4-5-9-20(19)26-22(28)17-10-13-31-15-17/h1-10,13,15H,11-12,14,16H2,(H,25,27)(H,26,28). The number of hydrogen-bond acceptors (Lipinski definition) is 5. The molecule has 0 saturated heterocycles. The average Bonchev–Trinajstić information content (AvgIpc) is 3.39. The largest absolute Gasteiger partial charge is 0.452 e. The Hall–Kier alpha value is -3.45. The van der Waals surface area contributed by atoms with Gasteiger partial charge in [0.1, 0.15) is 0 Å². The van der Waals surface area contributed by atoms with Crippen LogP contribution in [0.15, 0.2) is 71.4 Å². The Kier molecular flexibility index (Phi) is 6.13. The van der Waals surface area contributed by atoms with Crippen LogP contribution in [-0.2, 0) is 14.9 Å².